The molecule has 0 aliphatic heterocycles. The summed E-state index contributed by atoms with van der Waals surface area (Å²) in [7, 11) is 0. The van der Waals surface area contributed by atoms with Crippen molar-refractivity contribution in [3.8, 4) is 0 Å². The van der Waals surface area contributed by atoms with Gasteiger partial charge in [0, 0.05) is 22.8 Å². The Morgan fingerprint density at radius 2 is 1.26 bits per heavy atom. The Kier molecular flexibility index (Phi) is 4.69. The molecule has 3 N–H and O–H groups in total. The molecule has 3 heteroatoms. The van der Waals surface area contributed by atoms with E-state index >= 15 is 0 Å². The van der Waals surface area contributed by atoms with Crippen molar-refractivity contribution in [1.82, 2.24) is 9.97 Å². The molecule has 2 unspecified atom stereocenters. The molecule has 0 aliphatic rings. The van der Waals surface area contributed by atoms with E-state index in [9.17, 15) is 5.11 Å². The highest BCUT2D eigenvalue weighted by molar-refractivity contribution is 5.40. The molecular weight excluding hydrogens is 332 g/mol. The van der Waals surface area contributed by atoms with Gasteiger partial charge < -0.3 is 15.1 Å². The Morgan fingerprint density at radius 1 is 0.630 bits per heavy atom. The zero-order chi connectivity index (χ0) is 18.8. The van der Waals surface area contributed by atoms with Crippen LogP contribution in [0.1, 0.15) is 51.5 Å². The second-order valence-corrected chi connectivity index (χ2v) is 7.12. The molecule has 0 aliphatic carbocycles. The SMILES string of the molecule is Cc1ccc(C(O)c2ccc(C(c3ccccc3)c3ccc(C)[nH]3)[nH]2)cc1. The third-order valence-electron chi connectivity index (χ3n) is 5.03. The Hall–Kier alpha value is -3.04. The summed E-state index contributed by atoms with van der Waals surface area (Å²) < 4.78 is 0. The Labute approximate surface area is 159 Å². The Balaban J connectivity index is 1.71. The van der Waals surface area contributed by atoms with E-state index in [0.717, 1.165) is 28.3 Å². The smallest absolute Gasteiger partial charge is 0.119 e. The van der Waals surface area contributed by atoms with E-state index in [1.165, 1.54) is 11.1 Å². The minimum atomic E-state index is -0.666. The van der Waals surface area contributed by atoms with Crippen LogP contribution in [0.4, 0.5) is 0 Å². The summed E-state index contributed by atoms with van der Waals surface area (Å²) in [4.78, 5) is 6.93. The highest BCUT2D eigenvalue weighted by Gasteiger charge is 2.21. The van der Waals surface area contributed by atoms with Crippen molar-refractivity contribution in [2.45, 2.75) is 25.9 Å². The molecule has 0 saturated heterocycles. The fourth-order valence-corrected chi connectivity index (χ4v) is 3.55. The standard InChI is InChI=1S/C24H24N2O/c1-16-8-11-19(12-9-16)24(27)22-15-14-21(26-22)23(18-6-4-3-5-7-18)20-13-10-17(2)25-20/h3-15,23-27H,1-2H3. The first-order valence-electron chi connectivity index (χ1n) is 9.25. The van der Waals surface area contributed by atoms with Gasteiger partial charge in [-0.2, -0.15) is 0 Å². The average Bonchev–Trinajstić information content (AvgIpc) is 3.33. The van der Waals surface area contributed by atoms with Crippen molar-refractivity contribution < 1.29 is 5.11 Å². The lowest BCUT2D eigenvalue weighted by Crippen LogP contribution is -2.06. The average molecular weight is 356 g/mol. The van der Waals surface area contributed by atoms with E-state index in [-0.39, 0.29) is 5.92 Å². The van der Waals surface area contributed by atoms with E-state index in [4.69, 9.17) is 0 Å². The molecule has 2 aromatic carbocycles. The van der Waals surface area contributed by atoms with Crippen LogP contribution in [0.25, 0.3) is 0 Å². The molecule has 0 saturated carbocycles. The van der Waals surface area contributed by atoms with Crippen molar-refractivity contribution in [2.75, 3.05) is 0 Å². The molecule has 27 heavy (non-hydrogen) atoms. The van der Waals surface area contributed by atoms with Gasteiger partial charge in [-0.25, -0.2) is 0 Å². The lowest BCUT2D eigenvalue weighted by molar-refractivity contribution is 0.216. The molecule has 4 rings (SSSR count). The normalized spacial score (nSPS) is 13.4. The van der Waals surface area contributed by atoms with Crippen molar-refractivity contribution in [3.05, 3.63) is 118 Å². The first-order valence-corrected chi connectivity index (χ1v) is 9.25. The monoisotopic (exact) mass is 356 g/mol. The highest BCUT2D eigenvalue weighted by atomic mass is 16.3. The number of H-pyrrole nitrogens is 2. The number of aliphatic hydroxyl groups excluding tert-OH is 1. The summed E-state index contributed by atoms with van der Waals surface area (Å²) in [5.74, 6) is 0.0684. The molecule has 0 amide bonds. The molecule has 4 aromatic rings. The number of aliphatic hydroxyl groups is 1. The number of aromatic amines is 2. The van der Waals surface area contributed by atoms with Gasteiger partial charge in [-0.1, -0.05) is 60.2 Å². The van der Waals surface area contributed by atoms with Crippen LogP contribution >= 0.6 is 0 Å². The van der Waals surface area contributed by atoms with Crippen LogP contribution in [0.3, 0.4) is 0 Å². The molecule has 0 fully saturated rings. The molecule has 2 atom stereocenters. The van der Waals surface area contributed by atoms with Gasteiger partial charge >= 0.3 is 0 Å². The maximum Gasteiger partial charge on any atom is 0.119 e. The van der Waals surface area contributed by atoms with Gasteiger partial charge in [0.2, 0.25) is 0 Å². The van der Waals surface area contributed by atoms with Gasteiger partial charge in [-0.05, 0) is 49.2 Å². The fourth-order valence-electron chi connectivity index (χ4n) is 3.55. The molecule has 3 nitrogen and oxygen atoms in total. The number of hydrogen-bond acceptors (Lipinski definition) is 1. The fraction of sp³-hybridized carbons (Fsp3) is 0.167. The number of aromatic nitrogens is 2. The lowest BCUT2D eigenvalue weighted by Gasteiger charge is -2.16. The minimum absolute atomic E-state index is 0.0684. The topological polar surface area (TPSA) is 51.8 Å². The van der Waals surface area contributed by atoms with Gasteiger partial charge in [-0.3, -0.25) is 0 Å². The van der Waals surface area contributed by atoms with Crippen LogP contribution in [0.15, 0.2) is 78.9 Å². The maximum absolute atomic E-state index is 10.8. The number of nitrogens with one attached hydrogen (secondary N) is 2. The van der Waals surface area contributed by atoms with Gasteiger partial charge in [0.05, 0.1) is 5.92 Å². The molecule has 0 bridgehead atoms. The molecule has 2 aromatic heterocycles. The predicted octanol–water partition coefficient (Wildman–Crippen LogP) is 5.22. The number of rotatable bonds is 5. The van der Waals surface area contributed by atoms with Crippen LogP contribution in [0.5, 0.6) is 0 Å². The number of benzene rings is 2. The zero-order valence-electron chi connectivity index (χ0n) is 15.6. The van der Waals surface area contributed by atoms with Gasteiger partial charge in [-0.15, -0.1) is 0 Å². The summed E-state index contributed by atoms with van der Waals surface area (Å²) in [5.41, 5.74) is 7.42. The molecule has 0 radical (unpaired) electrons. The van der Waals surface area contributed by atoms with Crippen LogP contribution in [0, 0.1) is 13.8 Å². The molecule has 136 valence electrons. The van der Waals surface area contributed by atoms with Gasteiger partial charge in [0.15, 0.2) is 0 Å². The summed E-state index contributed by atoms with van der Waals surface area (Å²) in [6.07, 6.45) is -0.666. The van der Waals surface area contributed by atoms with Crippen LogP contribution in [0.2, 0.25) is 0 Å². The second kappa shape index (κ2) is 7.29. The molecule has 2 heterocycles. The molecule has 0 spiro atoms. The second-order valence-electron chi connectivity index (χ2n) is 7.12. The molecular formula is C24H24N2O. The summed E-state index contributed by atoms with van der Waals surface area (Å²) in [5, 5.41) is 10.8. The zero-order valence-corrected chi connectivity index (χ0v) is 15.6. The minimum Gasteiger partial charge on any atom is -0.382 e. The van der Waals surface area contributed by atoms with Gasteiger partial charge in [0.1, 0.15) is 6.10 Å². The first kappa shape index (κ1) is 17.4. The van der Waals surface area contributed by atoms with Crippen molar-refractivity contribution in [1.29, 1.82) is 0 Å². The maximum atomic E-state index is 10.8. The highest BCUT2D eigenvalue weighted by Crippen LogP contribution is 2.32. The van der Waals surface area contributed by atoms with Crippen LogP contribution in [-0.2, 0) is 0 Å². The predicted molar refractivity (Wildman–Crippen MR) is 109 cm³/mol. The third kappa shape index (κ3) is 3.60. The van der Waals surface area contributed by atoms with E-state index < -0.39 is 6.10 Å². The lowest BCUT2D eigenvalue weighted by atomic mass is 9.93. The van der Waals surface area contributed by atoms with Crippen LogP contribution in [-0.4, -0.2) is 15.1 Å². The Morgan fingerprint density at radius 3 is 1.93 bits per heavy atom. The van der Waals surface area contributed by atoms with Gasteiger partial charge in [0.25, 0.3) is 0 Å². The van der Waals surface area contributed by atoms with E-state index in [0.29, 0.717) is 0 Å². The summed E-state index contributed by atoms with van der Waals surface area (Å²) in [6, 6.07) is 26.7. The number of aryl methyl sites for hydroxylation is 2. The number of hydrogen-bond donors (Lipinski definition) is 3. The van der Waals surface area contributed by atoms with Crippen molar-refractivity contribution >= 4 is 0 Å². The van der Waals surface area contributed by atoms with E-state index in [2.05, 4.69) is 59.4 Å². The first-order chi connectivity index (χ1) is 13.1. The third-order valence-corrected chi connectivity index (χ3v) is 5.03. The summed E-state index contributed by atoms with van der Waals surface area (Å²) >= 11 is 0. The summed E-state index contributed by atoms with van der Waals surface area (Å²) in [6.45, 7) is 4.11. The van der Waals surface area contributed by atoms with E-state index in [1.807, 2.05) is 43.3 Å². The Bertz CT molecular complexity index is 1010. The van der Waals surface area contributed by atoms with Crippen molar-refractivity contribution in [3.63, 3.8) is 0 Å². The quantitative estimate of drug-likeness (QED) is 0.451. The van der Waals surface area contributed by atoms with Crippen molar-refractivity contribution in [2.24, 2.45) is 0 Å². The van der Waals surface area contributed by atoms with E-state index in [1.54, 1.807) is 0 Å². The van der Waals surface area contributed by atoms with Crippen LogP contribution < -0.4 is 0 Å². The largest absolute Gasteiger partial charge is 0.382 e.